The van der Waals surface area contributed by atoms with Crippen molar-refractivity contribution in [1.29, 1.82) is 0 Å². The van der Waals surface area contributed by atoms with Crippen LogP contribution in [0, 0.1) is 0 Å². The van der Waals surface area contributed by atoms with Gasteiger partial charge in [-0.15, -0.1) is 0 Å². The van der Waals surface area contributed by atoms with E-state index < -0.39 is 0 Å². The van der Waals surface area contributed by atoms with Crippen molar-refractivity contribution in [1.82, 2.24) is 4.90 Å². The third-order valence-corrected chi connectivity index (χ3v) is 3.17. The zero-order valence-electron chi connectivity index (χ0n) is 11.8. The lowest BCUT2D eigenvalue weighted by Gasteiger charge is -2.21. The van der Waals surface area contributed by atoms with Crippen molar-refractivity contribution in [2.75, 3.05) is 25.0 Å². The average molecular weight is 268 g/mol. The van der Waals surface area contributed by atoms with E-state index in [0.29, 0.717) is 13.1 Å². The van der Waals surface area contributed by atoms with Crippen molar-refractivity contribution in [2.45, 2.75) is 6.92 Å². The van der Waals surface area contributed by atoms with E-state index in [1.807, 2.05) is 72.5 Å². The molecule has 0 spiro atoms. The number of benzene rings is 2. The average Bonchev–Trinajstić information content (AvgIpc) is 2.53. The van der Waals surface area contributed by atoms with Crippen LogP contribution in [0.1, 0.15) is 17.3 Å². The van der Waals surface area contributed by atoms with Gasteiger partial charge in [-0.25, -0.2) is 0 Å². The molecule has 0 aliphatic carbocycles. The van der Waals surface area contributed by atoms with Crippen LogP contribution in [0.4, 0.5) is 5.69 Å². The van der Waals surface area contributed by atoms with Gasteiger partial charge in [-0.2, -0.15) is 0 Å². The first kappa shape index (κ1) is 14.1. The number of para-hydroxylation sites is 1. The molecule has 1 amide bonds. The van der Waals surface area contributed by atoms with E-state index in [-0.39, 0.29) is 5.91 Å². The van der Waals surface area contributed by atoms with Gasteiger partial charge < -0.3 is 10.2 Å². The Bertz CT molecular complexity index is 525. The molecule has 0 heterocycles. The lowest BCUT2D eigenvalue weighted by Crippen LogP contribution is -2.34. The molecule has 0 unspecified atom stereocenters. The molecule has 0 saturated heterocycles. The van der Waals surface area contributed by atoms with Crippen molar-refractivity contribution in [3.63, 3.8) is 0 Å². The van der Waals surface area contributed by atoms with Gasteiger partial charge in [0, 0.05) is 30.9 Å². The third-order valence-electron chi connectivity index (χ3n) is 3.17. The first-order valence-electron chi connectivity index (χ1n) is 6.94. The summed E-state index contributed by atoms with van der Waals surface area (Å²) in [5, 5.41) is 3.32. The van der Waals surface area contributed by atoms with E-state index in [4.69, 9.17) is 0 Å². The summed E-state index contributed by atoms with van der Waals surface area (Å²) in [6.07, 6.45) is 0. The van der Waals surface area contributed by atoms with E-state index in [9.17, 15) is 4.79 Å². The van der Waals surface area contributed by atoms with Gasteiger partial charge in [0.25, 0.3) is 5.91 Å². The highest BCUT2D eigenvalue weighted by molar-refractivity contribution is 5.94. The van der Waals surface area contributed by atoms with Gasteiger partial charge in [-0.05, 0) is 31.2 Å². The topological polar surface area (TPSA) is 32.3 Å². The molecule has 0 aliphatic heterocycles. The molecule has 2 rings (SSSR count). The quantitative estimate of drug-likeness (QED) is 0.872. The van der Waals surface area contributed by atoms with Gasteiger partial charge in [0.1, 0.15) is 0 Å². The molecule has 104 valence electrons. The van der Waals surface area contributed by atoms with Crippen molar-refractivity contribution in [2.24, 2.45) is 0 Å². The maximum Gasteiger partial charge on any atom is 0.253 e. The first-order chi connectivity index (χ1) is 9.81. The molecule has 3 nitrogen and oxygen atoms in total. The number of rotatable bonds is 6. The molecule has 20 heavy (non-hydrogen) atoms. The van der Waals surface area contributed by atoms with Gasteiger partial charge in [0.05, 0.1) is 0 Å². The Morgan fingerprint density at radius 3 is 2.20 bits per heavy atom. The molecule has 0 fully saturated rings. The second-order valence-corrected chi connectivity index (χ2v) is 4.54. The number of carbonyl (C=O) groups excluding carboxylic acids is 1. The van der Waals surface area contributed by atoms with Crippen LogP contribution < -0.4 is 5.32 Å². The van der Waals surface area contributed by atoms with Gasteiger partial charge in [-0.3, -0.25) is 4.79 Å². The zero-order valence-corrected chi connectivity index (χ0v) is 11.8. The fourth-order valence-electron chi connectivity index (χ4n) is 2.06. The van der Waals surface area contributed by atoms with Crippen LogP contribution in [0.25, 0.3) is 0 Å². The highest BCUT2D eigenvalue weighted by Gasteiger charge is 2.12. The van der Waals surface area contributed by atoms with Crippen molar-refractivity contribution < 1.29 is 4.79 Å². The van der Waals surface area contributed by atoms with E-state index >= 15 is 0 Å². The van der Waals surface area contributed by atoms with Crippen LogP contribution in [0.5, 0.6) is 0 Å². The number of carbonyl (C=O) groups is 1. The highest BCUT2D eigenvalue weighted by Crippen LogP contribution is 2.06. The molecule has 0 atom stereocenters. The van der Waals surface area contributed by atoms with Crippen LogP contribution in [0.2, 0.25) is 0 Å². The Hall–Kier alpha value is -2.29. The zero-order chi connectivity index (χ0) is 14.2. The number of hydrogen-bond donors (Lipinski definition) is 1. The molecule has 1 N–H and O–H groups in total. The normalized spacial score (nSPS) is 10.1. The Morgan fingerprint density at radius 1 is 1.00 bits per heavy atom. The molecule has 0 aliphatic rings. The minimum Gasteiger partial charge on any atom is -0.383 e. The molecule has 2 aromatic rings. The summed E-state index contributed by atoms with van der Waals surface area (Å²) in [6, 6.07) is 19.4. The number of likely N-dealkylation sites (N-methyl/N-ethyl adjacent to an activating group) is 1. The SMILES string of the molecule is CCN(CCNc1ccccc1)C(=O)c1ccccc1. The predicted octanol–water partition coefficient (Wildman–Crippen LogP) is 3.26. The van der Waals surface area contributed by atoms with Crippen molar-refractivity contribution >= 4 is 11.6 Å². The van der Waals surface area contributed by atoms with E-state index in [1.165, 1.54) is 0 Å². The molecule has 2 aromatic carbocycles. The molecule has 0 radical (unpaired) electrons. The Kier molecular flexibility index (Phi) is 5.18. The van der Waals surface area contributed by atoms with E-state index in [2.05, 4.69) is 5.32 Å². The summed E-state index contributed by atoms with van der Waals surface area (Å²) in [5.41, 5.74) is 1.82. The second-order valence-electron chi connectivity index (χ2n) is 4.54. The first-order valence-corrected chi connectivity index (χ1v) is 6.94. The Labute approximate surface area is 120 Å². The van der Waals surface area contributed by atoms with Crippen molar-refractivity contribution in [3.05, 3.63) is 66.2 Å². The minimum absolute atomic E-state index is 0.0861. The lowest BCUT2D eigenvalue weighted by molar-refractivity contribution is 0.0770. The number of hydrogen-bond acceptors (Lipinski definition) is 2. The summed E-state index contributed by atoms with van der Waals surface area (Å²) in [7, 11) is 0. The third kappa shape index (κ3) is 3.85. The summed E-state index contributed by atoms with van der Waals surface area (Å²) >= 11 is 0. The number of anilines is 1. The number of nitrogens with one attached hydrogen (secondary N) is 1. The number of amides is 1. The molecular weight excluding hydrogens is 248 g/mol. The maximum atomic E-state index is 12.3. The van der Waals surface area contributed by atoms with E-state index in [1.54, 1.807) is 0 Å². The van der Waals surface area contributed by atoms with Crippen LogP contribution in [0.15, 0.2) is 60.7 Å². The monoisotopic (exact) mass is 268 g/mol. The van der Waals surface area contributed by atoms with Gasteiger partial charge in [0.2, 0.25) is 0 Å². The van der Waals surface area contributed by atoms with Crippen molar-refractivity contribution in [3.8, 4) is 0 Å². The van der Waals surface area contributed by atoms with Crippen LogP contribution in [-0.2, 0) is 0 Å². The summed E-state index contributed by atoms with van der Waals surface area (Å²) in [5.74, 6) is 0.0861. The lowest BCUT2D eigenvalue weighted by atomic mass is 10.2. The van der Waals surface area contributed by atoms with Crippen LogP contribution in [-0.4, -0.2) is 30.4 Å². The Balaban J connectivity index is 1.88. The number of nitrogens with zero attached hydrogens (tertiary/aromatic N) is 1. The van der Waals surface area contributed by atoms with Gasteiger partial charge in [-0.1, -0.05) is 36.4 Å². The van der Waals surface area contributed by atoms with Crippen LogP contribution >= 0.6 is 0 Å². The minimum atomic E-state index is 0.0861. The smallest absolute Gasteiger partial charge is 0.253 e. The second kappa shape index (κ2) is 7.34. The van der Waals surface area contributed by atoms with Crippen LogP contribution in [0.3, 0.4) is 0 Å². The summed E-state index contributed by atoms with van der Waals surface area (Å²) in [6.45, 7) is 4.16. The fraction of sp³-hybridized carbons (Fsp3) is 0.235. The fourth-order valence-corrected chi connectivity index (χ4v) is 2.06. The molecule has 0 bridgehead atoms. The highest BCUT2D eigenvalue weighted by atomic mass is 16.2. The van der Waals surface area contributed by atoms with Gasteiger partial charge in [0.15, 0.2) is 0 Å². The summed E-state index contributed by atoms with van der Waals surface area (Å²) in [4.78, 5) is 14.2. The molecule has 0 aromatic heterocycles. The largest absolute Gasteiger partial charge is 0.383 e. The molecule has 3 heteroatoms. The molecular formula is C17H20N2O. The van der Waals surface area contributed by atoms with Gasteiger partial charge >= 0.3 is 0 Å². The maximum absolute atomic E-state index is 12.3. The molecule has 0 saturated carbocycles. The summed E-state index contributed by atoms with van der Waals surface area (Å²) < 4.78 is 0. The predicted molar refractivity (Wildman–Crippen MR) is 83.0 cm³/mol. The standard InChI is InChI=1S/C17H20N2O/c1-2-19(17(20)15-9-5-3-6-10-15)14-13-18-16-11-7-4-8-12-16/h3-12,18H,2,13-14H2,1H3. The Morgan fingerprint density at radius 2 is 1.60 bits per heavy atom. The van der Waals surface area contributed by atoms with E-state index in [0.717, 1.165) is 17.8 Å².